The summed E-state index contributed by atoms with van der Waals surface area (Å²) in [5.41, 5.74) is 0.357. The Labute approximate surface area is 93.6 Å². The van der Waals surface area contributed by atoms with Crippen LogP contribution < -0.4 is 10.6 Å². The Morgan fingerprint density at radius 3 is 2.13 bits per heavy atom. The molecule has 0 aliphatic carbocycles. The van der Waals surface area contributed by atoms with Crippen molar-refractivity contribution in [2.75, 3.05) is 6.54 Å². The molecule has 0 aromatic heterocycles. The van der Waals surface area contributed by atoms with Crippen molar-refractivity contribution in [3.8, 4) is 0 Å². The molecule has 1 aliphatic heterocycles. The third-order valence-corrected chi connectivity index (χ3v) is 2.89. The van der Waals surface area contributed by atoms with Crippen LogP contribution in [0.25, 0.3) is 0 Å². The van der Waals surface area contributed by atoms with Crippen molar-refractivity contribution in [1.82, 2.24) is 10.6 Å². The van der Waals surface area contributed by atoms with Gasteiger partial charge in [0, 0.05) is 23.7 Å². The molecule has 0 aromatic rings. The van der Waals surface area contributed by atoms with Gasteiger partial charge in [-0.05, 0) is 47.5 Å². The van der Waals surface area contributed by atoms with E-state index in [4.69, 9.17) is 0 Å². The van der Waals surface area contributed by atoms with Gasteiger partial charge in [-0.15, -0.1) is 0 Å². The van der Waals surface area contributed by atoms with Gasteiger partial charge in [-0.3, -0.25) is 0 Å². The summed E-state index contributed by atoms with van der Waals surface area (Å²) in [7, 11) is 0. The summed E-state index contributed by atoms with van der Waals surface area (Å²) in [5.74, 6) is 0. The lowest BCUT2D eigenvalue weighted by atomic mass is 9.79. The van der Waals surface area contributed by atoms with Gasteiger partial charge in [0.05, 0.1) is 6.10 Å². The molecule has 1 unspecified atom stereocenters. The van der Waals surface area contributed by atoms with E-state index >= 15 is 0 Å². The van der Waals surface area contributed by atoms with E-state index in [2.05, 4.69) is 38.3 Å². The van der Waals surface area contributed by atoms with Gasteiger partial charge in [0.15, 0.2) is 0 Å². The maximum Gasteiger partial charge on any atom is 0.0636 e. The maximum absolute atomic E-state index is 9.27. The van der Waals surface area contributed by atoms with Crippen LogP contribution >= 0.6 is 0 Å². The van der Waals surface area contributed by atoms with Crippen molar-refractivity contribution < 1.29 is 5.11 Å². The Hall–Kier alpha value is -0.120. The predicted molar refractivity (Wildman–Crippen MR) is 64.0 cm³/mol. The summed E-state index contributed by atoms with van der Waals surface area (Å²) in [5, 5.41) is 16.4. The lowest BCUT2D eigenvalue weighted by Gasteiger charge is -2.46. The van der Waals surface area contributed by atoms with Crippen molar-refractivity contribution in [2.45, 2.75) is 70.7 Å². The van der Waals surface area contributed by atoms with Gasteiger partial charge >= 0.3 is 0 Å². The van der Waals surface area contributed by atoms with Crippen LogP contribution in [0.4, 0.5) is 0 Å². The van der Waals surface area contributed by atoms with Crippen LogP contribution in [0, 0.1) is 0 Å². The SMILES string of the molecule is CC(O)CNC1CC(C)(C)NC(C)(C)C1. The van der Waals surface area contributed by atoms with E-state index in [0.29, 0.717) is 12.6 Å². The molecule has 1 saturated heterocycles. The molecule has 3 N–H and O–H groups in total. The number of nitrogens with one attached hydrogen (secondary N) is 2. The first-order chi connectivity index (χ1) is 6.70. The highest BCUT2D eigenvalue weighted by molar-refractivity contribution is 4.99. The topological polar surface area (TPSA) is 44.3 Å². The maximum atomic E-state index is 9.27. The zero-order valence-corrected chi connectivity index (χ0v) is 10.7. The van der Waals surface area contributed by atoms with Crippen LogP contribution in [0.15, 0.2) is 0 Å². The quantitative estimate of drug-likeness (QED) is 0.663. The number of piperidine rings is 1. The van der Waals surface area contributed by atoms with Gasteiger partial charge in [0.1, 0.15) is 0 Å². The molecule has 1 fully saturated rings. The minimum absolute atomic E-state index is 0.179. The molecule has 90 valence electrons. The third kappa shape index (κ3) is 4.49. The van der Waals surface area contributed by atoms with Crippen LogP contribution in [-0.2, 0) is 0 Å². The van der Waals surface area contributed by atoms with Crippen LogP contribution in [0.5, 0.6) is 0 Å². The Bertz CT molecular complexity index is 196. The van der Waals surface area contributed by atoms with Gasteiger partial charge in [-0.2, -0.15) is 0 Å². The summed E-state index contributed by atoms with van der Waals surface area (Å²) in [6.45, 7) is 11.5. The normalized spacial score (nSPS) is 27.6. The van der Waals surface area contributed by atoms with E-state index in [1.54, 1.807) is 0 Å². The first-order valence-corrected chi connectivity index (χ1v) is 5.91. The van der Waals surface area contributed by atoms with E-state index in [1.165, 1.54) is 0 Å². The van der Waals surface area contributed by atoms with Crippen LogP contribution in [-0.4, -0.2) is 34.9 Å². The molecule has 3 heteroatoms. The van der Waals surface area contributed by atoms with Crippen molar-refractivity contribution in [1.29, 1.82) is 0 Å². The second-order valence-electron chi connectivity index (χ2n) is 6.26. The van der Waals surface area contributed by atoms with Crippen LogP contribution in [0.3, 0.4) is 0 Å². The second-order valence-corrected chi connectivity index (χ2v) is 6.26. The molecule has 3 nitrogen and oxygen atoms in total. The number of aliphatic hydroxyl groups is 1. The Morgan fingerprint density at radius 1 is 1.27 bits per heavy atom. The minimum Gasteiger partial charge on any atom is -0.392 e. The molecule has 0 amide bonds. The largest absolute Gasteiger partial charge is 0.392 e. The highest BCUT2D eigenvalue weighted by Gasteiger charge is 2.37. The van der Waals surface area contributed by atoms with E-state index in [1.807, 2.05) is 6.92 Å². The fourth-order valence-electron chi connectivity index (χ4n) is 2.80. The molecule has 1 aliphatic rings. The van der Waals surface area contributed by atoms with Gasteiger partial charge in [-0.25, -0.2) is 0 Å². The third-order valence-electron chi connectivity index (χ3n) is 2.89. The minimum atomic E-state index is -0.258. The standard InChI is InChI=1S/C12H26N2O/c1-9(15)8-13-10-6-11(2,3)14-12(4,5)7-10/h9-10,13-15H,6-8H2,1-5H3. The fraction of sp³-hybridized carbons (Fsp3) is 1.00. The summed E-state index contributed by atoms with van der Waals surface area (Å²) >= 11 is 0. The van der Waals surface area contributed by atoms with E-state index in [-0.39, 0.29) is 17.2 Å². The van der Waals surface area contributed by atoms with Crippen molar-refractivity contribution in [3.05, 3.63) is 0 Å². The number of hydrogen-bond donors (Lipinski definition) is 3. The summed E-state index contributed by atoms with van der Waals surface area (Å²) < 4.78 is 0. The number of hydrogen-bond acceptors (Lipinski definition) is 3. The predicted octanol–water partition coefficient (Wildman–Crippen LogP) is 1.27. The second kappa shape index (κ2) is 4.40. The van der Waals surface area contributed by atoms with E-state index in [9.17, 15) is 5.11 Å². The van der Waals surface area contributed by atoms with Crippen molar-refractivity contribution in [3.63, 3.8) is 0 Å². The molecule has 0 aromatic carbocycles. The molecule has 1 heterocycles. The molecule has 0 saturated carbocycles. The zero-order chi connectivity index (χ0) is 11.7. The van der Waals surface area contributed by atoms with Crippen molar-refractivity contribution in [2.24, 2.45) is 0 Å². The zero-order valence-electron chi connectivity index (χ0n) is 10.7. The monoisotopic (exact) mass is 214 g/mol. The first kappa shape index (κ1) is 12.9. The molecule has 1 atom stereocenters. The summed E-state index contributed by atoms with van der Waals surface area (Å²) in [6, 6.07) is 0.505. The fourth-order valence-corrected chi connectivity index (χ4v) is 2.80. The molecular weight excluding hydrogens is 188 g/mol. The van der Waals surface area contributed by atoms with Crippen LogP contribution in [0.2, 0.25) is 0 Å². The summed E-state index contributed by atoms with van der Waals surface area (Å²) in [6.07, 6.45) is 1.97. The Kier molecular flexibility index (Phi) is 3.80. The smallest absolute Gasteiger partial charge is 0.0636 e. The lowest BCUT2D eigenvalue weighted by Crippen LogP contribution is -2.62. The molecule has 0 bridgehead atoms. The van der Waals surface area contributed by atoms with Gasteiger partial charge < -0.3 is 15.7 Å². The number of rotatable bonds is 3. The summed E-state index contributed by atoms with van der Waals surface area (Å²) in [4.78, 5) is 0. The molecule has 0 radical (unpaired) electrons. The first-order valence-electron chi connectivity index (χ1n) is 5.91. The lowest BCUT2D eigenvalue weighted by molar-refractivity contribution is 0.128. The highest BCUT2D eigenvalue weighted by Crippen LogP contribution is 2.28. The highest BCUT2D eigenvalue weighted by atomic mass is 16.3. The van der Waals surface area contributed by atoms with Gasteiger partial charge in [-0.1, -0.05) is 0 Å². The van der Waals surface area contributed by atoms with E-state index < -0.39 is 0 Å². The molecule has 15 heavy (non-hydrogen) atoms. The molecule has 0 spiro atoms. The average Bonchev–Trinajstić information content (AvgIpc) is 1.94. The van der Waals surface area contributed by atoms with Gasteiger partial charge in [0.25, 0.3) is 0 Å². The molecule has 1 rings (SSSR count). The van der Waals surface area contributed by atoms with Crippen LogP contribution in [0.1, 0.15) is 47.5 Å². The Morgan fingerprint density at radius 2 is 1.73 bits per heavy atom. The Balaban J connectivity index is 2.52. The average molecular weight is 214 g/mol. The number of aliphatic hydroxyl groups excluding tert-OH is 1. The molecular formula is C12H26N2O. The van der Waals surface area contributed by atoms with Gasteiger partial charge in [0.2, 0.25) is 0 Å². The van der Waals surface area contributed by atoms with E-state index in [0.717, 1.165) is 12.8 Å². The van der Waals surface area contributed by atoms with Crippen molar-refractivity contribution >= 4 is 0 Å².